The lowest BCUT2D eigenvalue weighted by Crippen LogP contribution is -2.36. The summed E-state index contributed by atoms with van der Waals surface area (Å²) in [6.07, 6.45) is 3.46. The van der Waals surface area contributed by atoms with Gasteiger partial charge >= 0.3 is 5.97 Å². The number of aromatic nitrogens is 1. The van der Waals surface area contributed by atoms with Gasteiger partial charge in [-0.1, -0.05) is 23.2 Å². The number of hydrogen-bond donors (Lipinski definition) is 0. The number of carbonyl (C=O) groups is 1. The zero-order valence-electron chi connectivity index (χ0n) is 10.0. The lowest BCUT2D eigenvalue weighted by molar-refractivity contribution is -0.146. The minimum Gasteiger partial charge on any atom is -0.468 e. The van der Waals surface area contributed by atoms with E-state index in [-0.39, 0.29) is 12.0 Å². The Morgan fingerprint density at radius 3 is 3.06 bits per heavy atom. The molecule has 98 valence electrons. The SMILES string of the molecule is COC(=O)C1CCCN1Cc1cnc(Cl)cc1Cl. The Morgan fingerprint density at radius 1 is 1.61 bits per heavy atom. The minimum absolute atomic E-state index is 0.179. The van der Waals surface area contributed by atoms with Crippen molar-refractivity contribution in [2.75, 3.05) is 13.7 Å². The molecule has 0 spiro atoms. The number of hydrogen-bond acceptors (Lipinski definition) is 4. The quantitative estimate of drug-likeness (QED) is 0.633. The average molecular weight is 289 g/mol. The molecule has 1 aliphatic heterocycles. The molecule has 1 fully saturated rings. The van der Waals surface area contributed by atoms with E-state index in [1.54, 1.807) is 12.3 Å². The molecule has 0 bridgehead atoms. The van der Waals surface area contributed by atoms with Gasteiger partial charge in [0.05, 0.1) is 7.11 Å². The van der Waals surface area contributed by atoms with Crippen LogP contribution in [0.3, 0.4) is 0 Å². The van der Waals surface area contributed by atoms with Gasteiger partial charge in [-0.25, -0.2) is 4.98 Å². The summed E-state index contributed by atoms with van der Waals surface area (Å²) in [5, 5.41) is 0.945. The number of carbonyl (C=O) groups excluding carboxylic acids is 1. The number of nitrogens with zero attached hydrogens (tertiary/aromatic N) is 2. The second-order valence-electron chi connectivity index (χ2n) is 4.25. The van der Waals surface area contributed by atoms with E-state index >= 15 is 0 Å². The summed E-state index contributed by atoms with van der Waals surface area (Å²) < 4.78 is 4.80. The fourth-order valence-corrected chi connectivity index (χ4v) is 2.61. The second-order valence-corrected chi connectivity index (χ2v) is 5.04. The third-order valence-corrected chi connectivity index (χ3v) is 3.67. The molecule has 2 rings (SSSR count). The highest BCUT2D eigenvalue weighted by Crippen LogP contribution is 2.25. The van der Waals surface area contributed by atoms with Gasteiger partial charge in [0.2, 0.25) is 0 Å². The van der Waals surface area contributed by atoms with Crippen LogP contribution in [0.25, 0.3) is 0 Å². The summed E-state index contributed by atoms with van der Waals surface area (Å²) >= 11 is 11.9. The van der Waals surface area contributed by atoms with E-state index < -0.39 is 0 Å². The number of likely N-dealkylation sites (tertiary alicyclic amines) is 1. The summed E-state index contributed by atoms with van der Waals surface area (Å²) in [6.45, 7) is 1.45. The van der Waals surface area contributed by atoms with Crippen molar-refractivity contribution < 1.29 is 9.53 Å². The zero-order valence-corrected chi connectivity index (χ0v) is 11.5. The fourth-order valence-electron chi connectivity index (χ4n) is 2.19. The highest BCUT2D eigenvalue weighted by molar-refractivity contribution is 6.34. The molecule has 18 heavy (non-hydrogen) atoms. The zero-order chi connectivity index (χ0) is 13.1. The Hall–Kier alpha value is -0.840. The van der Waals surface area contributed by atoms with Gasteiger partial charge in [-0.15, -0.1) is 0 Å². The van der Waals surface area contributed by atoms with Crippen molar-refractivity contribution in [3.8, 4) is 0 Å². The van der Waals surface area contributed by atoms with E-state index in [1.165, 1.54) is 7.11 Å². The number of rotatable bonds is 3. The highest BCUT2D eigenvalue weighted by atomic mass is 35.5. The first kappa shape index (κ1) is 13.6. The predicted molar refractivity (Wildman–Crippen MR) is 69.7 cm³/mol. The molecule has 1 atom stereocenters. The summed E-state index contributed by atoms with van der Waals surface area (Å²) in [6, 6.07) is 1.43. The largest absolute Gasteiger partial charge is 0.468 e. The lowest BCUT2D eigenvalue weighted by atomic mass is 10.2. The van der Waals surface area contributed by atoms with Crippen LogP contribution in [-0.4, -0.2) is 35.5 Å². The Kier molecular flexibility index (Phi) is 4.43. The number of ether oxygens (including phenoxy) is 1. The van der Waals surface area contributed by atoms with Crippen LogP contribution in [0.5, 0.6) is 0 Å². The van der Waals surface area contributed by atoms with E-state index in [2.05, 4.69) is 9.88 Å². The maximum Gasteiger partial charge on any atom is 0.323 e. The van der Waals surface area contributed by atoms with Crippen LogP contribution in [0.2, 0.25) is 10.2 Å². The van der Waals surface area contributed by atoms with Crippen molar-refractivity contribution >= 4 is 29.2 Å². The molecule has 0 radical (unpaired) electrons. The van der Waals surface area contributed by atoms with E-state index in [0.717, 1.165) is 24.9 Å². The maximum atomic E-state index is 11.6. The Labute approximate surface area is 116 Å². The van der Waals surface area contributed by atoms with Crippen LogP contribution < -0.4 is 0 Å². The van der Waals surface area contributed by atoms with Crippen molar-refractivity contribution in [1.29, 1.82) is 0 Å². The van der Waals surface area contributed by atoms with Gasteiger partial charge < -0.3 is 4.74 Å². The van der Waals surface area contributed by atoms with Crippen molar-refractivity contribution in [3.05, 3.63) is 28.0 Å². The summed E-state index contributed by atoms with van der Waals surface area (Å²) in [7, 11) is 1.41. The number of methoxy groups -OCH3 is 1. The van der Waals surface area contributed by atoms with Crippen molar-refractivity contribution in [2.45, 2.75) is 25.4 Å². The van der Waals surface area contributed by atoms with Crippen molar-refractivity contribution in [3.63, 3.8) is 0 Å². The molecule has 1 saturated heterocycles. The molecule has 0 amide bonds. The summed E-state index contributed by atoms with van der Waals surface area (Å²) in [4.78, 5) is 17.7. The Balaban J connectivity index is 2.10. The maximum absolute atomic E-state index is 11.6. The van der Waals surface area contributed by atoms with Gasteiger partial charge in [-0.05, 0) is 25.5 Å². The van der Waals surface area contributed by atoms with Crippen LogP contribution in [0.15, 0.2) is 12.3 Å². The van der Waals surface area contributed by atoms with E-state index in [9.17, 15) is 4.79 Å². The molecule has 1 aromatic heterocycles. The molecule has 0 aliphatic carbocycles. The molecule has 0 saturated carbocycles. The van der Waals surface area contributed by atoms with Gasteiger partial charge in [0.15, 0.2) is 0 Å². The van der Waals surface area contributed by atoms with E-state index in [1.807, 2.05) is 0 Å². The highest BCUT2D eigenvalue weighted by Gasteiger charge is 2.31. The molecule has 1 unspecified atom stereocenters. The number of esters is 1. The van der Waals surface area contributed by atoms with Crippen LogP contribution in [0, 0.1) is 0 Å². The standard InChI is InChI=1S/C12H14Cl2N2O2/c1-18-12(17)10-3-2-4-16(10)7-8-6-15-11(14)5-9(8)13/h5-6,10H,2-4,7H2,1H3. The van der Waals surface area contributed by atoms with E-state index in [4.69, 9.17) is 27.9 Å². The first-order valence-corrected chi connectivity index (χ1v) is 6.49. The monoisotopic (exact) mass is 288 g/mol. The number of halogens is 2. The average Bonchev–Trinajstić information content (AvgIpc) is 2.80. The van der Waals surface area contributed by atoms with Gasteiger partial charge in [0, 0.05) is 23.3 Å². The lowest BCUT2D eigenvalue weighted by Gasteiger charge is -2.22. The van der Waals surface area contributed by atoms with Crippen LogP contribution >= 0.6 is 23.2 Å². The van der Waals surface area contributed by atoms with E-state index in [0.29, 0.717) is 16.7 Å². The molecule has 6 heteroatoms. The van der Waals surface area contributed by atoms with Crippen LogP contribution in [0.1, 0.15) is 18.4 Å². The Bertz CT molecular complexity index is 454. The molecule has 1 aromatic rings. The van der Waals surface area contributed by atoms with Gasteiger partial charge in [-0.2, -0.15) is 0 Å². The van der Waals surface area contributed by atoms with Crippen molar-refractivity contribution in [2.24, 2.45) is 0 Å². The minimum atomic E-state index is -0.189. The van der Waals surface area contributed by atoms with Gasteiger partial charge in [0.25, 0.3) is 0 Å². The molecule has 0 aromatic carbocycles. The molecule has 2 heterocycles. The predicted octanol–water partition coefficient (Wildman–Crippen LogP) is 2.53. The normalized spacial score (nSPS) is 20.1. The molecular formula is C12H14Cl2N2O2. The first-order valence-electron chi connectivity index (χ1n) is 5.73. The molecule has 1 aliphatic rings. The molecule has 0 N–H and O–H groups in total. The van der Waals surface area contributed by atoms with Gasteiger partial charge in [0.1, 0.15) is 11.2 Å². The third kappa shape index (κ3) is 2.94. The third-order valence-electron chi connectivity index (χ3n) is 3.11. The summed E-state index contributed by atoms with van der Waals surface area (Å²) in [5.41, 5.74) is 0.872. The van der Waals surface area contributed by atoms with Crippen LogP contribution in [-0.2, 0) is 16.1 Å². The summed E-state index contributed by atoms with van der Waals surface area (Å²) in [5.74, 6) is -0.189. The smallest absolute Gasteiger partial charge is 0.323 e. The second kappa shape index (κ2) is 5.87. The molecular weight excluding hydrogens is 275 g/mol. The molecule has 4 nitrogen and oxygen atoms in total. The first-order chi connectivity index (χ1) is 8.61. The number of pyridine rings is 1. The van der Waals surface area contributed by atoms with Crippen LogP contribution in [0.4, 0.5) is 0 Å². The topological polar surface area (TPSA) is 42.4 Å². The Morgan fingerprint density at radius 2 is 2.39 bits per heavy atom. The fraction of sp³-hybridized carbons (Fsp3) is 0.500. The van der Waals surface area contributed by atoms with Gasteiger partial charge in [-0.3, -0.25) is 9.69 Å². The van der Waals surface area contributed by atoms with Crippen molar-refractivity contribution in [1.82, 2.24) is 9.88 Å².